The third-order valence-corrected chi connectivity index (χ3v) is 4.73. The molecular formula is C11H15NO5S. The maximum Gasteiger partial charge on any atom is 0.372 e. The minimum Gasteiger partial charge on any atom is -0.475 e. The number of carboxylic acid groups (broad SMARTS) is 1. The predicted octanol–water partition coefficient (Wildman–Crippen LogP) is 0.563. The van der Waals surface area contributed by atoms with E-state index < -0.39 is 15.8 Å². The summed E-state index contributed by atoms with van der Waals surface area (Å²) in [5, 5.41) is 11.9. The molecule has 0 amide bonds. The van der Waals surface area contributed by atoms with Crippen LogP contribution >= 0.6 is 0 Å². The molecule has 0 radical (unpaired) electrons. The number of furan rings is 1. The number of carboxylic acids is 1. The molecule has 1 saturated heterocycles. The SMILES string of the molecule is Cc1cc(CNC2CCS(=O)(=O)C2)oc1C(=O)O. The molecule has 2 heterocycles. The lowest BCUT2D eigenvalue weighted by atomic mass is 10.2. The Bertz CT molecular complexity index is 560. The Morgan fingerprint density at radius 1 is 1.61 bits per heavy atom. The first-order valence-corrected chi connectivity index (χ1v) is 7.46. The molecule has 2 N–H and O–H groups in total. The second-order valence-corrected chi connectivity index (χ2v) is 6.74. The molecule has 7 heteroatoms. The fourth-order valence-electron chi connectivity index (χ4n) is 2.05. The molecule has 6 nitrogen and oxygen atoms in total. The van der Waals surface area contributed by atoms with Crippen LogP contribution in [0.15, 0.2) is 10.5 Å². The summed E-state index contributed by atoms with van der Waals surface area (Å²) in [6, 6.07) is 1.58. The Morgan fingerprint density at radius 3 is 2.83 bits per heavy atom. The quantitative estimate of drug-likeness (QED) is 0.832. The molecule has 0 aromatic carbocycles. The van der Waals surface area contributed by atoms with Crippen LogP contribution in [0.4, 0.5) is 0 Å². The van der Waals surface area contributed by atoms with Crippen molar-refractivity contribution in [2.24, 2.45) is 0 Å². The van der Waals surface area contributed by atoms with E-state index in [2.05, 4.69) is 5.32 Å². The number of aromatic carboxylic acids is 1. The van der Waals surface area contributed by atoms with Crippen LogP contribution in [0.3, 0.4) is 0 Å². The molecule has 18 heavy (non-hydrogen) atoms. The minimum atomic E-state index is -2.90. The summed E-state index contributed by atoms with van der Waals surface area (Å²) < 4.78 is 27.7. The monoisotopic (exact) mass is 273 g/mol. The van der Waals surface area contributed by atoms with Crippen molar-refractivity contribution in [2.75, 3.05) is 11.5 Å². The van der Waals surface area contributed by atoms with Gasteiger partial charge in [0, 0.05) is 11.6 Å². The lowest BCUT2D eigenvalue weighted by molar-refractivity contribution is 0.0659. The average Bonchev–Trinajstić information content (AvgIpc) is 2.79. The van der Waals surface area contributed by atoms with Gasteiger partial charge >= 0.3 is 5.97 Å². The van der Waals surface area contributed by atoms with Gasteiger partial charge in [-0.1, -0.05) is 0 Å². The fraction of sp³-hybridized carbons (Fsp3) is 0.545. The van der Waals surface area contributed by atoms with Crippen molar-refractivity contribution in [2.45, 2.75) is 25.9 Å². The summed E-state index contributed by atoms with van der Waals surface area (Å²) in [6.07, 6.45) is 0.591. The van der Waals surface area contributed by atoms with E-state index >= 15 is 0 Å². The molecule has 100 valence electrons. The van der Waals surface area contributed by atoms with Gasteiger partial charge in [-0.3, -0.25) is 0 Å². The van der Waals surface area contributed by atoms with E-state index in [4.69, 9.17) is 9.52 Å². The highest BCUT2D eigenvalue weighted by molar-refractivity contribution is 7.91. The highest BCUT2D eigenvalue weighted by Gasteiger charge is 2.27. The number of carbonyl (C=O) groups is 1. The highest BCUT2D eigenvalue weighted by Crippen LogP contribution is 2.16. The number of sulfone groups is 1. The first-order chi connectivity index (χ1) is 8.37. The van der Waals surface area contributed by atoms with Crippen molar-refractivity contribution in [3.8, 4) is 0 Å². The molecule has 1 aromatic rings. The molecule has 0 aliphatic carbocycles. The van der Waals surface area contributed by atoms with Gasteiger partial charge in [-0.05, 0) is 19.4 Å². The molecule has 1 aliphatic rings. The summed E-state index contributed by atoms with van der Waals surface area (Å²) in [4.78, 5) is 10.8. The minimum absolute atomic E-state index is 0.0640. The molecule has 2 rings (SSSR count). The number of nitrogens with one attached hydrogen (secondary N) is 1. The van der Waals surface area contributed by atoms with Crippen LogP contribution in [-0.2, 0) is 16.4 Å². The van der Waals surface area contributed by atoms with Crippen LogP contribution in [0.25, 0.3) is 0 Å². The van der Waals surface area contributed by atoms with Gasteiger partial charge in [0.05, 0.1) is 18.1 Å². The molecule has 1 aromatic heterocycles. The van der Waals surface area contributed by atoms with Gasteiger partial charge < -0.3 is 14.8 Å². The van der Waals surface area contributed by atoms with E-state index in [9.17, 15) is 13.2 Å². The van der Waals surface area contributed by atoms with E-state index in [0.717, 1.165) is 0 Å². The first-order valence-electron chi connectivity index (χ1n) is 5.64. The second-order valence-electron chi connectivity index (χ2n) is 4.51. The molecule has 0 saturated carbocycles. The molecule has 1 aliphatic heterocycles. The van der Waals surface area contributed by atoms with Crippen LogP contribution in [0.1, 0.15) is 28.3 Å². The van der Waals surface area contributed by atoms with E-state index in [0.29, 0.717) is 24.3 Å². The Morgan fingerprint density at radius 2 is 2.33 bits per heavy atom. The van der Waals surface area contributed by atoms with Crippen LogP contribution in [0, 0.1) is 6.92 Å². The lowest BCUT2D eigenvalue weighted by Crippen LogP contribution is -2.29. The summed E-state index contributed by atoms with van der Waals surface area (Å²) in [5.74, 6) is -0.303. The van der Waals surface area contributed by atoms with Gasteiger partial charge in [0.15, 0.2) is 9.84 Å². The van der Waals surface area contributed by atoms with Crippen LogP contribution in [0.5, 0.6) is 0 Å². The van der Waals surface area contributed by atoms with Crippen LogP contribution in [-0.4, -0.2) is 37.0 Å². The zero-order valence-electron chi connectivity index (χ0n) is 9.97. The van der Waals surface area contributed by atoms with Crippen molar-refractivity contribution in [3.05, 3.63) is 23.2 Å². The highest BCUT2D eigenvalue weighted by atomic mass is 32.2. The van der Waals surface area contributed by atoms with Crippen LogP contribution in [0.2, 0.25) is 0 Å². The molecule has 1 unspecified atom stereocenters. The largest absolute Gasteiger partial charge is 0.475 e. The fourth-order valence-corrected chi connectivity index (χ4v) is 3.76. The van der Waals surface area contributed by atoms with E-state index in [1.807, 2.05) is 0 Å². The molecule has 0 bridgehead atoms. The third-order valence-electron chi connectivity index (χ3n) is 2.96. The topological polar surface area (TPSA) is 96.6 Å². The predicted molar refractivity (Wildman–Crippen MR) is 64.3 cm³/mol. The summed E-state index contributed by atoms with van der Waals surface area (Å²) in [6.45, 7) is 2.00. The van der Waals surface area contributed by atoms with Gasteiger partial charge in [-0.15, -0.1) is 0 Å². The van der Waals surface area contributed by atoms with E-state index in [-0.39, 0.29) is 23.3 Å². The van der Waals surface area contributed by atoms with Gasteiger partial charge in [0.25, 0.3) is 0 Å². The molecule has 1 fully saturated rings. The summed E-state index contributed by atoms with van der Waals surface area (Å²) in [7, 11) is -2.90. The normalized spacial score (nSPS) is 22.2. The maximum atomic E-state index is 11.3. The van der Waals surface area contributed by atoms with Gasteiger partial charge in [-0.2, -0.15) is 0 Å². The summed E-state index contributed by atoms with van der Waals surface area (Å²) in [5.41, 5.74) is 0.568. The lowest BCUT2D eigenvalue weighted by Gasteiger charge is -2.08. The van der Waals surface area contributed by atoms with Crippen LogP contribution < -0.4 is 5.32 Å². The zero-order chi connectivity index (χ0) is 13.3. The van der Waals surface area contributed by atoms with Crippen molar-refractivity contribution in [3.63, 3.8) is 0 Å². The number of hydrogen-bond donors (Lipinski definition) is 2. The Labute approximate surface area is 105 Å². The first kappa shape index (κ1) is 13.1. The molecular weight excluding hydrogens is 258 g/mol. The molecule has 0 spiro atoms. The molecule has 1 atom stereocenters. The zero-order valence-corrected chi connectivity index (χ0v) is 10.8. The maximum absolute atomic E-state index is 11.3. The number of hydrogen-bond acceptors (Lipinski definition) is 5. The third kappa shape index (κ3) is 2.91. The van der Waals surface area contributed by atoms with Gasteiger partial charge in [0.1, 0.15) is 5.76 Å². The van der Waals surface area contributed by atoms with Gasteiger partial charge in [-0.25, -0.2) is 13.2 Å². The van der Waals surface area contributed by atoms with Crippen molar-refractivity contribution in [1.82, 2.24) is 5.32 Å². The van der Waals surface area contributed by atoms with Gasteiger partial charge in [0.2, 0.25) is 5.76 Å². The van der Waals surface area contributed by atoms with E-state index in [1.165, 1.54) is 0 Å². The van der Waals surface area contributed by atoms with Crippen molar-refractivity contribution in [1.29, 1.82) is 0 Å². The number of aryl methyl sites for hydroxylation is 1. The number of rotatable bonds is 4. The standard InChI is InChI=1S/C11H15NO5S/c1-7-4-9(17-10(7)11(13)14)5-12-8-2-3-18(15,16)6-8/h4,8,12H,2-3,5-6H2,1H3,(H,13,14). The smallest absolute Gasteiger partial charge is 0.372 e. The Hall–Kier alpha value is -1.34. The van der Waals surface area contributed by atoms with Crippen molar-refractivity contribution < 1.29 is 22.7 Å². The van der Waals surface area contributed by atoms with E-state index in [1.54, 1.807) is 13.0 Å². The van der Waals surface area contributed by atoms with Crippen molar-refractivity contribution >= 4 is 15.8 Å². The Kier molecular flexibility index (Phi) is 3.45. The Balaban J connectivity index is 1.95. The summed E-state index contributed by atoms with van der Waals surface area (Å²) >= 11 is 0. The second kappa shape index (κ2) is 4.74. The average molecular weight is 273 g/mol.